The van der Waals surface area contributed by atoms with Crippen LogP contribution < -0.4 is 5.32 Å². The first-order valence-electron chi connectivity index (χ1n) is 6.69. The largest absolute Gasteiger partial charge is 0.317 e. The molecule has 0 spiro atoms. The van der Waals surface area contributed by atoms with Crippen LogP contribution in [0, 0.1) is 5.82 Å². The molecule has 2 nitrogen and oxygen atoms in total. The Hall–Kier alpha value is -1.45. The van der Waals surface area contributed by atoms with Gasteiger partial charge < -0.3 is 5.32 Å². The zero-order valence-corrected chi connectivity index (χ0v) is 12.2. The van der Waals surface area contributed by atoms with E-state index in [2.05, 4.69) is 10.3 Å². The number of rotatable bonds is 6. The number of halogens is 2. The molecular formula is C16H18ClFN2. The number of aryl methyl sites for hydroxylation is 1. The molecule has 4 heteroatoms. The average molecular weight is 293 g/mol. The summed E-state index contributed by atoms with van der Waals surface area (Å²) in [5.41, 5.74) is 2.23. The molecule has 0 aliphatic carbocycles. The first-order chi connectivity index (χ1) is 9.69. The Labute approximate surface area is 124 Å². The quantitative estimate of drug-likeness (QED) is 0.879. The number of nitrogens with zero attached hydrogens (tertiary/aromatic N) is 1. The number of pyridine rings is 1. The van der Waals surface area contributed by atoms with Crippen molar-refractivity contribution in [3.05, 3.63) is 64.7 Å². The highest BCUT2D eigenvalue weighted by molar-refractivity contribution is 6.30. The monoisotopic (exact) mass is 292 g/mol. The zero-order valence-electron chi connectivity index (χ0n) is 11.4. The highest BCUT2D eigenvalue weighted by Gasteiger charge is 2.09. The van der Waals surface area contributed by atoms with E-state index in [1.54, 1.807) is 18.5 Å². The van der Waals surface area contributed by atoms with Crippen LogP contribution in [0.25, 0.3) is 0 Å². The minimum absolute atomic E-state index is 0.173. The zero-order chi connectivity index (χ0) is 14.4. The molecule has 20 heavy (non-hydrogen) atoms. The van der Waals surface area contributed by atoms with Crippen LogP contribution in [0.5, 0.6) is 0 Å². The molecule has 0 radical (unpaired) electrons. The van der Waals surface area contributed by atoms with E-state index in [9.17, 15) is 4.39 Å². The van der Waals surface area contributed by atoms with Gasteiger partial charge in [0.05, 0.1) is 5.02 Å². The van der Waals surface area contributed by atoms with Gasteiger partial charge in [-0.25, -0.2) is 4.39 Å². The van der Waals surface area contributed by atoms with Gasteiger partial charge >= 0.3 is 0 Å². The summed E-state index contributed by atoms with van der Waals surface area (Å²) in [5, 5.41) is 3.46. The fraction of sp³-hybridized carbons (Fsp3) is 0.312. The normalized spacial score (nSPS) is 12.3. The van der Waals surface area contributed by atoms with Crippen molar-refractivity contribution >= 4 is 11.6 Å². The number of nitrogens with one attached hydrogen (secondary N) is 1. The number of hydrogen-bond donors (Lipinski definition) is 1. The van der Waals surface area contributed by atoms with Crippen molar-refractivity contribution in [3.63, 3.8) is 0 Å². The highest BCUT2D eigenvalue weighted by Crippen LogP contribution is 2.17. The summed E-state index contributed by atoms with van der Waals surface area (Å²) in [6.45, 7) is 0. The third-order valence-electron chi connectivity index (χ3n) is 3.41. The summed E-state index contributed by atoms with van der Waals surface area (Å²) in [5.74, 6) is -0.354. The lowest BCUT2D eigenvalue weighted by Gasteiger charge is -2.16. The van der Waals surface area contributed by atoms with E-state index in [4.69, 9.17) is 11.6 Å². The highest BCUT2D eigenvalue weighted by atomic mass is 35.5. The van der Waals surface area contributed by atoms with Gasteiger partial charge in [0.25, 0.3) is 0 Å². The molecule has 1 N–H and O–H groups in total. The maximum atomic E-state index is 13.4. The van der Waals surface area contributed by atoms with Crippen LogP contribution in [0.15, 0.2) is 42.7 Å². The number of benzene rings is 1. The second-order valence-corrected chi connectivity index (χ2v) is 5.24. The second-order valence-electron chi connectivity index (χ2n) is 4.83. The number of likely N-dealkylation sites (N-methyl/N-ethyl adjacent to an activating group) is 1. The van der Waals surface area contributed by atoms with E-state index >= 15 is 0 Å². The first kappa shape index (κ1) is 14.9. The lowest BCUT2D eigenvalue weighted by atomic mass is 9.99. The Balaban J connectivity index is 1.93. The van der Waals surface area contributed by atoms with Crippen LogP contribution in [0.3, 0.4) is 0 Å². The summed E-state index contributed by atoms with van der Waals surface area (Å²) < 4.78 is 13.4. The molecular weight excluding hydrogens is 275 g/mol. The molecule has 2 rings (SSSR count). The van der Waals surface area contributed by atoms with Crippen LogP contribution in [0.4, 0.5) is 4.39 Å². The third-order valence-corrected chi connectivity index (χ3v) is 3.71. The predicted octanol–water partition coefficient (Wildman–Crippen LogP) is 3.64. The van der Waals surface area contributed by atoms with Gasteiger partial charge in [-0.15, -0.1) is 0 Å². The van der Waals surface area contributed by atoms with Crippen molar-refractivity contribution < 1.29 is 4.39 Å². The molecule has 1 aromatic carbocycles. The van der Waals surface area contributed by atoms with E-state index in [1.807, 2.05) is 25.2 Å². The molecule has 0 saturated carbocycles. The molecule has 0 bridgehead atoms. The van der Waals surface area contributed by atoms with Crippen molar-refractivity contribution in [1.82, 2.24) is 10.3 Å². The Bertz CT molecular complexity index is 545. The molecule has 0 fully saturated rings. The van der Waals surface area contributed by atoms with E-state index in [-0.39, 0.29) is 10.8 Å². The van der Waals surface area contributed by atoms with Gasteiger partial charge in [-0.2, -0.15) is 0 Å². The van der Waals surface area contributed by atoms with Crippen LogP contribution >= 0.6 is 11.6 Å². The summed E-state index contributed by atoms with van der Waals surface area (Å²) in [6, 6.07) is 9.36. The maximum Gasteiger partial charge on any atom is 0.142 e. The summed E-state index contributed by atoms with van der Waals surface area (Å²) in [7, 11) is 1.93. The van der Waals surface area contributed by atoms with Crippen LogP contribution in [0.1, 0.15) is 17.5 Å². The molecule has 0 aliphatic heterocycles. The lowest BCUT2D eigenvalue weighted by molar-refractivity contribution is 0.518. The van der Waals surface area contributed by atoms with E-state index in [1.165, 1.54) is 11.6 Å². The first-order valence-corrected chi connectivity index (χ1v) is 7.07. The Kier molecular flexibility index (Phi) is 5.50. The second kappa shape index (κ2) is 7.36. The summed E-state index contributed by atoms with van der Waals surface area (Å²) >= 11 is 5.70. The molecule has 1 heterocycles. The molecule has 0 amide bonds. The predicted molar refractivity (Wildman–Crippen MR) is 80.5 cm³/mol. The molecule has 1 unspecified atom stereocenters. The number of aromatic nitrogens is 1. The topological polar surface area (TPSA) is 24.9 Å². The van der Waals surface area contributed by atoms with Crippen molar-refractivity contribution in [2.75, 3.05) is 7.05 Å². The summed E-state index contributed by atoms with van der Waals surface area (Å²) in [4.78, 5) is 4.01. The molecule has 1 atom stereocenters. The molecule has 1 aromatic heterocycles. The number of hydrogen-bond acceptors (Lipinski definition) is 2. The van der Waals surface area contributed by atoms with Gasteiger partial charge in [0.15, 0.2) is 0 Å². The Morgan fingerprint density at radius 2 is 1.95 bits per heavy atom. The lowest BCUT2D eigenvalue weighted by Crippen LogP contribution is -2.28. The smallest absolute Gasteiger partial charge is 0.142 e. The molecule has 2 aromatic rings. The van der Waals surface area contributed by atoms with Crippen LogP contribution in [-0.2, 0) is 12.8 Å². The van der Waals surface area contributed by atoms with Gasteiger partial charge in [0.1, 0.15) is 5.82 Å². The Morgan fingerprint density at radius 3 is 2.60 bits per heavy atom. The average Bonchev–Trinajstić information content (AvgIpc) is 2.48. The fourth-order valence-electron chi connectivity index (χ4n) is 2.19. The van der Waals surface area contributed by atoms with Crippen molar-refractivity contribution in [2.24, 2.45) is 0 Å². The summed E-state index contributed by atoms with van der Waals surface area (Å²) in [6.07, 6.45) is 6.36. The van der Waals surface area contributed by atoms with Gasteiger partial charge in [0, 0.05) is 18.4 Å². The van der Waals surface area contributed by atoms with E-state index in [0.717, 1.165) is 24.8 Å². The van der Waals surface area contributed by atoms with E-state index < -0.39 is 0 Å². The van der Waals surface area contributed by atoms with Gasteiger partial charge in [0.2, 0.25) is 0 Å². The van der Waals surface area contributed by atoms with Crippen molar-refractivity contribution in [3.8, 4) is 0 Å². The molecule has 0 saturated heterocycles. The van der Waals surface area contributed by atoms with Crippen molar-refractivity contribution in [1.29, 1.82) is 0 Å². The minimum Gasteiger partial charge on any atom is -0.317 e. The Morgan fingerprint density at radius 1 is 1.20 bits per heavy atom. The molecule has 0 aliphatic rings. The fourth-order valence-corrected chi connectivity index (χ4v) is 2.31. The molecule has 106 valence electrons. The maximum absolute atomic E-state index is 13.4. The van der Waals surface area contributed by atoms with Gasteiger partial charge in [-0.3, -0.25) is 4.98 Å². The standard InChI is InChI=1S/C16H18ClFN2/c1-19-14(4-2-12-6-8-20-9-7-12)10-13-3-5-15(17)16(18)11-13/h3,5-9,11,14,19H,2,4,10H2,1H3. The minimum atomic E-state index is -0.354. The van der Waals surface area contributed by atoms with Crippen LogP contribution in [-0.4, -0.2) is 18.1 Å². The van der Waals surface area contributed by atoms with Gasteiger partial charge in [-0.1, -0.05) is 17.7 Å². The van der Waals surface area contributed by atoms with Gasteiger partial charge in [-0.05, 0) is 61.7 Å². The van der Waals surface area contributed by atoms with E-state index in [0.29, 0.717) is 6.04 Å². The van der Waals surface area contributed by atoms with Crippen molar-refractivity contribution in [2.45, 2.75) is 25.3 Å². The third kappa shape index (κ3) is 4.29. The van der Waals surface area contributed by atoms with Crippen LogP contribution in [0.2, 0.25) is 5.02 Å². The SMILES string of the molecule is CNC(CCc1ccncc1)Cc1ccc(Cl)c(F)c1.